The summed E-state index contributed by atoms with van der Waals surface area (Å²) in [6, 6.07) is 27.4. The second-order valence-corrected chi connectivity index (χ2v) is 13.9. The SMILES string of the molecule is CC(O[Si](c1ccccc1)(c1ccccc1)C(C)(C)C)C(C(=O)OCc1ccccc1)C(F)(F)F. The van der Waals surface area contributed by atoms with Gasteiger partial charge >= 0.3 is 12.1 Å². The van der Waals surface area contributed by atoms with Gasteiger partial charge in [-0.2, -0.15) is 13.2 Å². The van der Waals surface area contributed by atoms with Gasteiger partial charge in [-0.05, 0) is 27.9 Å². The summed E-state index contributed by atoms with van der Waals surface area (Å²) in [6.07, 6.45) is -6.30. The zero-order valence-corrected chi connectivity index (χ0v) is 21.4. The number of carbonyl (C=O) groups is 1. The second-order valence-electron chi connectivity index (χ2n) is 9.60. The lowest BCUT2D eigenvalue weighted by Crippen LogP contribution is -2.68. The molecule has 0 heterocycles. The smallest absolute Gasteiger partial charge is 0.404 e. The minimum atomic E-state index is -4.83. The topological polar surface area (TPSA) is 35.5 Å². The largest absolute Gasteiger partial charge is 0.460 e. The molecule has 0 aliphatic rings. The molecule has 0 N–H and O–H groups in total. The summed E-state index contributed by atoms with van der Waals surface area (Å²) in [5.41, 5.74) is 0.613. The third-order valence-corrected chi connectivity index (χ3v) is 11.2. The summed E-state index contributed by atoms with van der Waals surface area (Å²) < 4.78 is 54.5. The number of ether oxygens (including phenoxy) is 1. The van der Waals surface area contributed by atoms with Crippen LogP contribution in [0.2, 0.25) is 5.04 Å². The van der Waals surface area contributed by atoms with E-state index in [1.54, 1.807) is 30.3 Å². The molecule has 0 aliphatic heterocycles. The first-order valence-electron chi connectivity index (χ1n) is 11.5. The van der Waals surface area contributed by atoms with E-state index in [2.05, 4.69) is 0 Å². The van der Waals surface area contributed by atoms with Crippen LogP contribution in [-0.2, 0) is 20.6 Å². The fourth-order valence-corrected chi connectivity index (χ4v) is 9.16. The molecule has 3 rings (SSSR count). The van der Waals surface area contributed by atoms with Gasteiger partial charge in [-0.1, -0.05) is 112 Å². The van der Waals surface area contributed by atoms with Crippen molar-refractivity contribution in [2.75, 3.05) is 0 Å². The van der Waals surface area contributed by atoms with E-state index in [4.69, 9.17) is 9.16 Å². The quantitative estimate of drug-likeness (QED) is 0.287. The van der Waals surface area contributed by atoms with Crippen molar-refractivity contribution in [3.8, 4) is 0 Å². The molecular weight excluding hydrogens is 469 g/mol. The number of rotatable bonds is 8. The number of esters is 1. The standard InChI is InChI=1S/C28H31F3O3Si/c1-21(25(28(29,30)31)26(32)33-20-22-14-8-5-9-15-22)34-35(27(2,3)4,23-16-10-6-11-17-23)24-18-12-7-13-19-24/h5-19,21,25H,20H2,1-4H3. The van der Waals surface area contributed by atoms with Crippen LogP contribution in [0.5, 0.6) is 0 Å². The van der Waals surface area contributed by atoms with E-state index in [-0.39, 0.29) is 6.61 Å². The van der Waals surface area contributed by atoms with Crippen LogP contribution in [0.1, 0.15) is 33.3 Å². The lowest BCUT2D eigenvalue weighted by molar-refractivity contribution is -0.212. The first-order chi connectivity index (χ1) is 16.5. The van der Waals surface area contributed by atoms with Gasteiger partial charge in [0.1, 0.15) is 6.61 Å². The molecule has 186 valence electrons. The van der Waals surface area contributed by atoms with Gasteiger partial charge < -0.3 is 9.16 Å². The normalized spacial score (nSPS) is 14.3. The fourth-order valence-electron chi connectivity index (χ4n) is 4.45. The van der Waals surface area contributed by atoms with Crippen molar-refractivity contribution in [2.45, 2.75) is 51.6 Å². The second kappa shape index (κ2) is 10.8. The summed E-state index contributed by atoms with van der Waals surface area (Å²) in [4.78, 5) is 12.8. The molecule has 35 heavy (non-hydrogen) atoms. The number of alkyl halides is 3. The van der Waals surface area contributed by atoms with Crippen molar-refractivity contribution in [1.29, 1.82) is 0 Å². The Morgan fingerprint density at radius 3 is 1.63 bits per heavy atom. The summed E-state index contributed by atoms with van der Waals surface area (Å²) in [7, 11) is -3.29. The van der Waals surface area contributed by atoms with Gasteiger partial charge in [0.25, 0.3) is 8.32 Å². The maximum atomic E-state index is 14.3. The van der Waals surface area contributed by atoms with Gasteiger partial charge in [0.05, 0.1) is 6.10 Å². The van der Waals surface area contributed by atoms with Crippen LogP contribution < -0.4 is 10.4 Å². The molecule has 0 saturated carbocycles. The first-order valence-corrected chi connectivity index (χ1v) is 13.4. The van der Waals surface area contributed by atoms with Crippen LogP contribution in [0, 0.1) is 5.92 Å². The Morgan fingerprint density at radius 2 is 1.23 bits per heavy atom. The molecule has 0 spiro atoms. The van der Waals surface area contributed by atoms with Crippen LogP contribution in [0.25, 0.3) is 0 Å². The molecule has 0 saturated heterocycles. The van der Waals surface area contributed by atoms with E-state index in [0.717, 1.165) is 10.4 Å². The van der Waals surface area contributed by atoms with Crippen molar-refractivity contribution in [3.63, 3.8) is 0 Å². The van der Waals surface area contributed by atoms with E-state index in [1.165, 1.54) is 6.92 Å². The van der Waals surface area contributed by atoms with Crippen LogP contribution >= 0.6 is 0 Å². The maximum absolute atomic E-state index is 14.3. The van der Waals surface area contributed by atoms with Gasteiger partial charge in [-0.15, -0.1) is 0 Å². The molecule has 3 aromatic carbocycles. The molecule has 0 bridgehead atoms. The van der Waals surface area contributed by atoms with E-state index in [0.29, 0.717) is 5.56 Å². The predicted octanol–water partition coefficient (Wildman–Crippen LogP) is 5.87. The number of halogens is 3. The Hall–Kier alpha value is -2.90. The Bertz CT molecular complexity index is 1040. The van der Waals surface area contributed by atoms with Crippen LogP contribution in [0.3, 0.4) is 0 Å². The number of hydrogen-bond donors (Lipinski definition) is 0. The molecule has 3 aromatic rings. The molecule has 0 fully saturated rings. The monoisotopic (exact) mass is 500 g/mol. The highest BCUT2D eigenvalue weighted by Gasteiger charge is 2.56. The Morgan fingerprint density at radius 1 is 0.800 bits per heavy atom. The van der Waals surface area contributed by atoms with E-state index >= 15 is 0 Å². The van der Waals surface area contributed by atoms with E-state index in [1.807, 2.05) is 81.4 Å². The molecule has 2 unspecified atom stereocenters. The van der Waals surface area contributed by atoms with Gasteiger partial charge in [0.2, 0.25) is 0 Å². The molecule has 2 atom stereocenters. The summed E-state index contributed by atoms with van der Waals surface area (Å²) in [6.45, 7) is 7.01. The van der Waals surface area contributed by atoms with Crippen LogP contribution in [-0.4, -0.2) is 26.6 Å². The zero-order chi connectivity index (χ0) is 25.7. The highest BCUT2D eigenvalue weighted by molar-refractivity contribution is 6.99. The zero-order valence-electron chi connectivity index (χ0n) is 20.4. The van der Waals surface area contributed by atoms with Crippen LogP contribution in [0.4, 0.5) is 13.2 Å². The third kappa shape index (κ3) is 6.03. The van der Waals surface area contributed by atoms with Crippen molar-refractivity contribution >= 4 is 24.7 Å². The summed E-state index contributed by atoms with van der Waals surface area (Å²) in [5.74, 6) is -3.76. The van der Waals surface area contributed by atoms with Crippen molar-refractivity contribution in [3.05, 3.63) is 96.6 Å². The van der Waals surface area contributed by atoms with Crippen molar-refractivity contribution in [2.24, 2.45) is 5.92 Å². The first kappa shape index (κ1) is 26.7. The minimum Gasteiger partial charge on any atom is -0.460 e. The number of hydrogen-bond acceptors (Lipinski definition) is 3. The highest BCUT2D eigenvalue weighted by Crippen LogP contribution is 2.40. The molecule has 7 heteroatoms. The Balaban J connectivity index is 2.02. The Kier molecular flexibility index (Phi) is 8.23. The van der Waals surface area contributed by atoms with Gasteiger partial charge in [0.15, 0.2) is 5.92 Å². The average molecular weight is 501 g/mol. The lowest BCUT2D eigenvalue weighted by atomic mass is 10.0. The highest BCUT2D eigenvalue weighted by atomic mass is 28.4. The van der Waals surface area contributed by atoms with Gasteiger partial charge in [-0.25, -0.2) is 0 Å². The average Bonchev–Trinajstić information content (AvgIpc) is 2.81. The summed E-state index contributed by atoms with van der Waals surface area (Å²) in [5, 5.41) is 1.14. The molecule has 0 aromatic heterocycles. The van der Waals surface area contributed by atoms with Gasteiger partial charge in [0, 0.05) is 0 Å². The maximum Gasteiger partial charge on any atom is 0.404 e. The minimum absolute atomic E-state index is 0.238. The molecule has 0 aliphatic carbocycles. The molecule has 3 nitrogen and oxygen atoms in total. The fraction of sp³-hybridized carbons (Fsp3) is 0.321. The predicted molar refractivity (Wildman–Crippen MR) is 134 cm³/mol. The molecule has 0 amide bonds. The molecule has 0 radical (unpaired) electrons. The number of carbonyl (C=O) groups excluding carboxylic acids is 1. The van der Waals surface area contributed by atoms with E-state index < -0.39 is 37.5 Å². The summed E-state index contributed by atoms with van der Waals surface area (Å²) >= 11 is 0. The lowest BCUT2D eigenvalue weighted by Gasteiger charge is -2.45. The van der Waals surface area contributed by atoms with E-state index in [9.17, 15) is 18.0 Å². The van der Waals surface area contributed by atoms with Crippen molar-refractivity contribution in [1.82, 2.24) is 0 Å². The van der Waals surface area contributed by atoms with Gasteiger partial charge in [-0.3, -0.25) is 4.79 Å². The van der Waals surface area contributed by atoms with Crippen molar-refractivity contribution < 1.29 is 27.1 Å². The van der Waals surface area contributed by atoms with Crippen LogP contribution in [0.15, 0.2) is 91.0 Å². The third-order valence-electron chi connectivity index (χ3n) is 6.08. The molecular formula is C28H31F3O3Si. The number of benzene rings is 3. The Labute approximate surface area is 206 Å².